The highest BCUT2D eigenvalue weighted by Crippen LogP contribution is 2.27. The first-order valence-electron chi connectivity index (χ1n) is 9.15. The number of fused-ring (bicyclic) bond motifs is 1. The van der Waals surface area contributed by atoms with Crippen molar-refractivity contribution >= 4 is 16.9 Å². The zero-order valence-corrected chi connectivity index (χ0v) is 15.3. The molecule has 26 heavy (non-hydrogen) atoms. The summed E-state index contributed by atoms with van der Waals surface area (Å²) in [5, 5.41) is 4.59. The highest BCUT2D eigenvalue weighted by molar-refractivity contribution is 5.80. The number of benzene rings is 1. The smallest absolute Gasteiger partial charge is 0.194 e. The van der Waals surface area contributed by atoms with Crippen LogP contribution in [0.25, 0.3) is 11.0 Å². The summed E-state index contributed by atoms with van der Waals surface area (Å²) in [5.41, 5.74) is 0.922. The van der Waals surface area contributed by atoms with Crippen molar-refractivity contribution in [1.82, 2.24) is 19.8 Å². The normalized spacial score (nSPS) is 21.3. The summed E-state index contributed by atoms with van der Waals surface area (Å²) >= 11 is 0. The van der Waals surface area contributed by atoms with Crippen LogP contribution < -0.4 is 5.32 Å². The van der Waals surface area contributed by atoms with Gasteiger partial charge in [0.25, 0.3) is 0 Å². The SMILES string of the molecule is CN=C(NCc1cc2ccccc2o1)N1CCC(C)C(n2ccnc2)C1. The van der Waals surface area contributed by atoms with Crippen molar-refractivity contribution in [3.8, 4) is 0 Å². The third-order valence-electron chi connectivity index (χ3n) is 5.24. The summed E-state index contributed by atoms with van der Waals surface area (Å²) in [6.07, 6.45) is 6.94. The number of likely N-dealkylation sites (tertiary alicyclic amines) is 1. The van der Waals surface area contributed by atoms with Crippen LogP contribution in [0.2, 0.25) is 0 Å². The third-order valence-corrected chi connectivity index (χ3v) is 5.24. The number of hydrogen-bond donors (Lipinski definition) is 1. The van der Waals surface area contributed by atoms with Gasteiger partial charge >= 0.3 is 0 Å². The van der Waals surface area contributed by atoms with Gasteiger partial charge in [0.1, 0.15) is 11.3 Å². The van der Waals surface area contributed by atoms with Gasteiger partial charge in [0.2, 0.25) is 0 Å². The average molecular weight is 351 g/mol. The van der Waals surface area contributed by atoms with E-state index in [-0.39, 0.29) is 0 Å². The van der Waals surface area contributed by atoms with Gasteiger partial charge in [0.05, 0.1) is 18.9 Å². The highest BCUT2D eigenvalue weighted by Gasteiger charge is 2.28. The number of piperidine rings is 1. The second kappa shape index (κ2) is 7.23. The van der Waals surface area contributed by atoms with E-state index in [1.54, 1.807) is 0 Å². The van der Waals surface area contributed by atoms with Crippen molar-refractivity contribution in [2.45, 2.75) is 25.9 Å². The standard InChI is InChI=1S/C20H25N5O/c1-15-7-9-24(13-18(15)25-10-8-22-14-25)20(21-2)23-12-17-11-16-5-3-4-6-19(16)26-17/h3-6,8,10-11,14-15,18H,7,9,12-13H2,1-2H3,(H,21,23). The van der Waals surface area contributed by atoms with E-state index < -0.39 is 0 Å². The van der Waals surface area contributed by atoms with E-state index in [0.29, 0.717) is 18.5 Å². The molecule has 0 amide bonds. The summed E-state index contributed by atoms with van der Waals surface area (Å²) in [7, 11) is 1.84. The lowest BCUT2D eigenvalue weighted by molar-refractivity contribution is 0.188. The lowest BCUT2D eigenvalue weighted by Crippen LogP contribution is -2.48. The number of guanidine groups is 1. The fourth-order valence-corrected chi connectivity index (χ4v) is 3.72. The third kappa shape index (κ3) is 3.31. The van der Waals surface area contributed by atoms with E-state index in [4.69, 9.17) is 4.42 Å². The molecule has 4 rings (SSSR count). The summed E-state index contributed by atoms with van der Waals surface area (Å²) in [6, 6.07) is 10.6. The molecule has 6 nitrogen and oxygen atoms in total. The number of aliphatic imine (C=N–C) groups is 1. The Morgan fingerprint density at radius 2 is 2.27 bits per heavy atom. The van der Waals surface area contributed by atoms with Gasteiger partial charge in [-0.2, -0.15) is 0 Å². The van der Waals surface area contributed by atoms with Gasteiger partial charge in [-0.1, -0.05) is 25.1 Å². The zero-order chi connectivity index (χ0) is 17.9. The Kier molecular flexibility index (Phi) is 4.65. The van der Waals surface area contributed by atoms with E-state index in [1.807, 2.05) is 37.8 Å². The monoisotopic (exact) mass is 351 g/mol. The molecule has 1 fully saturated rings. The fourth-order valence-electron chi connectivity index (χ4n) is 3.72. The minimum absolute atomic E-state index is 0.413. The first kappa shape index (κ1) is 16.7. The molecule has 0 aliphatic carbocycles. The molecule has 1 N–H and O–H groups in total. The molecule has 3 aromatic rings. The summed E-state index contributed by atoms with van der Waals surface area (Å²) in [5.74, 6) is 2.46. The fraction of sp³-hybridized carbons (Fsp3) is 0.400. The Bertz CT molecular complexity index is 850. The van der Waals surface area contributed by atoms with Crippen LogP contribution in [0.4, 0.5) is 0 Å². The van der Waals surface area contributed by atoms with Gasteiger partial charge in [-0.25, -0.2) is 4.98 Å². The Hall–Kier alpha value is -2.76. The molecule has 2 aromatic heterocycles. The molecule has 1 aromatic carbocycles. The van der Waals surface area contributed by atoms with E-state index in [1.165, 1.54) is 0 Å². The largest absolute Gasteiger partial charge is 0.459 e. The molecule has 136 valence electrons. The maximum atomic E-state index is 5.90. The number of para-hydroxylation sites is 1. The number of nitrogens with zero attached hydrogens (tertiary/aromatic N) is 4. The van der Waals surface area contributed by atoms with Crippen LogP contribution in [0.15, 0.2) is 58.5 Å². The number of furan rings is 1. The van der Waals surface area contributed by atoms with Crippen LogP contribution in [0.5, 0.6) is 0 Å². The van der Waals surface area contributed by atoms with Crippen LogP contribution in [0.3, 0.4) is 0 Å². The molecule has 1 aliphatic rings. The molecule has 0 bridgehead atoms. The van der Waals surface area contributed by atoms with Crippen molar-refractivity contribution in [1.29, 1.82) is 0 Å². The van der Waals surface area contributed by atoms with Gasteiger partial charge in [0, 0.05) is 37.9 Å². The van der Waals surface area contributed by atoms with Crippen LogP contribution in [-0.4, -0.2) is 40.5 Å². The maximum Gasteiger partial charge on any atom is 0.194 e. The number of nitrogens with one attached hydrogen (secondary N) is 1. The van der Waals surface area contributed by atoms with Gasteiger partial charge in [-0.3, -0.25) is 4.99 Å². The van der Waals surface area contributed by atoms with E-state index >= 15 is 0 Å². The first-order chi connectivity index (χ1) is 12.7. The molecule has 2 unspecified atom stereocenters. The lowest BCUT2D eigenvalue weighted by Gasteiger charge is -2.39. The summed E-state index contributed by atoms with van der Waals surface area (Å²) < 4.78 is 8.11. The average Bonchev–Trinajstić information content (AvgIpc) is 3.32. The number of rotatable bonds is 3. The van der Waals surface area contributed by atoms with Crippen molar-refractivity contribution in [2.75, 3.05) is 20.1 Å². The molecule has 1 aliphatic heterocycles. The molecule has 0 radical (unpaired) electrons. The molecular formula is C20H25N5O. The highest BCUT2D eigenvalue weighted by atomic mass is 16.3. The Morgan fingerprint density at radius 3 is 3.04 bits per heavy atom. The van der Waals surface area contributed by atoms with E-state index in [2.05, 4.69) is 50.0 Å². The predicted octanol–water partition coefficient (Wildman–Crippen LogP) is 3.29. The van der Waals surface area contributed by atoms with Gasteiger partial charge < -0.3 is 19.2 Å². The van der Waals surface area contributed by atoms with Gasteiger partial charge in [0.15, 0.2) is 5.96 Å². The van der Waals surface area contributed by atoms with Crippen molar-refractivity contribution in [2.24, 2.45) is 10.9 Å². The second-order valence-corrected chi connectivity index (χ2v) is 6.94. The minimum Gasteiger partial charge on any atom is -0.459 e. The Labute approximate surface area is 153 Å². The molecule has 2 atom stereocenters. The second-order valence-electron chi connectivity index (χ2n) is 6.94. The number of hydrogen-bond acceptors (Lipinski definition) is 3. The number of imidazole rings is 1. The van der Waals surface area contributed by atoms with Crippen LogP contribution in [0.1, 0.15) is 25.1 Å². The van der Waals surface area contributed by atoms with Crippen molar-refractivity contribution in [3.05, 3.63) is 54.8 Å². The van der Waals surface area contributed by atoms with Crippen LogP contribution >= 0.6 is 0 Å². The topological polar surface area (TPSA) is 58.6 Å². The molecular weight excluding hydrogens is 326 g/mol. The summed E-state index contributed by atoms with van der Waals surface area (Å²) in [4.78, 5) is 11.0. The van der Waals surface area contributed by atoms with E-state index in [9.17, 15) is 0 Å². The molecule has 0 spiro atoms. The minimum atomic E-state index is 0.413. The quantitative estimate of drug-likeness (QED) is 0.581. The van der Waals surface area contributed by atoms with Crippen molar-refractivity contribution in [3.63, 3.8) is 0 Å². The van der Waals surface area contributed by atoms with Gasteiger partial charge in [-0.05, 0) is 24.5 Å². The Morgan fingerprint density at radius 1 is 1.38 bits per heavy atom. The van der Waals surface area contributed by atoms with Gasteiger partial charge in [-0.15, -0.1) is 0 Å². The number of aromatic nitrogens is 2. The predicted molar refractivity (Wildman–Crippen MR) is 103 cm³/mol. The molecule has 0 saturated carbocycles. The van der Waals surface area contributed by atoms with Crippen LogP contribution in [-0.2, 0) is 6.54 Å². The lowest BCUT2D eigenvalue weighted by atomic mass is 9.93. The zero-order valence-electron chi connectivity index (χ0n) is 15.3. The van der Waals surface area contributed by atoms with Crippen LogP contribution in [0, 0.1) is 5.92 Å². The summed E-state index contributed by atoms with van der Waals surface area (Å²) in [6.45, 7) is 4.87. The van der Waals surface area contributed by atoms with E-state index in [0.717, 1.165) is 42.2 Å². The maximum absolute atomic E-state index is 5.90. The molecule has 6 heteroatoms. The molecule has 1 saturated heterocycles. The Balaban J connectivity index is 1.43. The first-order valence-corrected chi connectivity index (χ1v) is 9.15. The molecule has 3 heterocycles. The van der Waals surface area contributed by atoms with Crippen molar-refractivity contribution < 1.29 is 4.42 Å².